The maximum absolute atomic E-state index is 5.73. The topological polar surface area (TPSA) is 21.3 Å². The molecule has 1 rings (SSSR count). The minimum atomic E-state index is 0.317. The molecule has 0 saturated heterocycles. The lowest BCUT2D eigenvalue weighted by atomic mass is 9.96. The van der Waals surface area contributed by atoms with Gasteiger partial charge in [-0.05, 0) is 63.2 Å². The predicted octanol–water partition coefficient (Wildman–Crippen LogP) is 4.67. The molecule has 1 aromatic rings. The Morgan fingerprint density at radius 1 is 1.10 bits per heavy atom. The number of ether oxygens (including phenoxy) is 1. The summed E-state index contributed by atoms with van der Waals surface area (Å²) in [6.07, 6.45) is 2.51. The molecule has 1 N–H and O–H groups in total. The Labute approximate surface area is 138 Å². The molecule has 0 aliphatic rings. The van der Waals surface area contributed by atoms with Gasteiger partial charge in [-0.1, -0.05) is 48.0 Å². The van der Waals surface area contributed by atoms with Crippen LogP contribution in [0.2, 0.25) is 0 Å². The van der Waals surface area contributed by atoms with Crippen LogP contribution in [0.25, 0.3) is 0 Å². The van der Waals surface area contributed by atoms with Crippen LogP contribution in [0.3, 0.4) is 0 Å². The van der Waals surface area contributed by atoms with Gasteiger partial charge in [-0.3, -0.25) is 0 Å². The Balaban J connectivity index is 2.51. The van der Waals surface area contributed by atoms with Crippen LogP contribution in [-0.4, -0.2) is 25.8 Å². The van der Waals surface area contributed by atoms with Gasteiger partial charge in [0, 0.05) is 11.1 Å². The molecule has 1 unspecified atom stereocenters. The van der Waals surface area contributed by atoms with Crippen molar-refractivity contribution in [3.63, 3.8) is 0 Å². The zero-order valence-corrected chi connectivity index (χ0v) is 15.4. The minimum Gasteiger partial charge on any atom is -0.379 e. The van der Waals surface area contributed by atoms with Crippen LogP contribution in [0.1, 0.15) is 39.7 Å². The summed E-state index contributed by atoms with van der Waals surface area (Å²) in [5.41, 5.74) is 1.39. The van der Waals surface area contributed by atoms with Gasteiger partial charge in [0.05, 0.1) is 6.10 Å². The van der Waals surface area contributed by atoms with Crippen LogP contribution < -0.4 is 5.32 Å². The molecule has 0 aromatic heterocycles. The molecule has 0 heterocycles. The molecule has 1 aromatic carbocycles. The van der Waals surface area contributed by atoms with Crippen molar-refractivity contribution in [2.24, 2.45) is 11.8 Å². The van der Waals surface area contributed by atoms with Crippen molar-refractivity contribution in [3.8, 4) is 0 Å². The van der Waals surface area contributed by atoms with Crippen molar-refractivity contribution < 1.29 is 4.74 Å². The van der Waals surface area contributed by atoms with Crippen molar-refractivity contribution >= 4 is 15.9 Å². The zero-order chi connectivity index (χ0) is 15.7. The first kappa shape index (κ1) is 18.7. The van der Waals surface area contributed by atoms with Crippen molar-refractivity contribution in [1.82, 2.24) is 5.32 Å². The van der Waals surface area contributed by atoms with E-state index in [1.54, 1.807) is 0 Å². The molecule has 0 aliphatic heterocycles. The molecule has 2 nitrogen and oxygen atoms in total. The third kappa shape index (κ3) is 8.60. The third-order valence-electron chi connectivity index (χ3n) is 3.43. The summed E-state index contributed by atoms with van der Waals surface area (Å²) in [7, 11) is 0. The Hall–Kier alpha value is -0.380. The van der Waals surface area contributed by atoms with E-state index < -0.39 is 0 Å². The largest absolute Gasteiger partial charge is 0.379 e. The summed E-state index contributed by atoms with van der Waals surface area (Å²) in [6, 6.07) is 8.52. The second kappa shape index (κ2) is 10.4. The minimum absolute atomic E-state index is 0.317. The lowest BCUT2D eigenvalue weighted by Gasteiger charge is -2.20. The van der Waals surface area contributed by atoms with Crippen LogP contribution in [0.4, 0.5) is 0 Å². The summed E-state index contributed by atoms with van der Waals surface area (Å²) >= 11 is 3.66. The molecule has 0 saturated carbocycles. The van der Waals surface area contributed by atoms with Crippen LogP contribution >= 0.6 is 15.9 Å². The van der Waals surface area contributed by atoms with Gasteiger partial charge >= 0.3 is 0 Å². The quantitative estimate of drug-likeness (QED) is 0.658. The molecule has 120 valence electrons. The number of rotatable bonds is 10. The summed E-state index contributed by atoms with van der Waals surface area (Å²) in [5.74, 6) is 1.31. The fourth-order valence-corrected chi connectivity index (χ4v) is 2.74. The molecule has 0 amide bonds. The third-order valence-corrected chi connectivity index (χ3v) is 4.20. The van der Waals surface area contributed by atoms with E-state index in [0.29, 0.717) is 17.9 Å². The van der Waals surface area contributed by atoms with Gasteiger partial charge in [-0.25, -0.2) is 0 Å². The summed E-state index contributed by atoms with van der Waals surface area (Å²) in [4.78, 5) is 0. The van der Waals surface area contributed by atoms with Crippen LogP contribution in [0, 0.1) is 11.8 Å². The van der Waals surface area contributed by atoms with Crippen molar-refractivity contribution in [1.29, 1.82) is 0 Å². The molecular formula is C18H30BrNO. The van der Waals surface area contributed by atoms with Crippen molar-refractivity contribution in [3.05, 3.63) is 34.3 Å². The summed E-state index contributed by atoms with van der Waals surface area (Å²) < 4.78 is 6.94. The highest BCUT2D eigenvalue weighted by molar-refractivity contribution is 9.10. The van der Waals surface area contributed by atoms with E-state index in [9.17, 15) is 0 Å². The monoisotopic (exact) mass is 355 g/mol. The molecule has 0 fully saturated rings. The molecular weight excluding hydrogens is 326 g/mol. The van der Waals surface area contributed by atoms with E-state index in [1.807, 2.05) is 0 Å². The number of hydrogen-bond acceptors (Lipinski definition) is 2. The normalized spacial score (nSPS) is 13.1. The van der Waals surface area contributed by atoms with Crippen LogP contribution in [-0.2, 0) is 11.2 Å². The van der Waals surface area contributed by atoms with Crippen molar-refractivity contribution in [2.75, 3.05) is 19.7 Å². The Morgan fingerprint density at radius 3 is 2.43 bits per heavy atom. The number of halogens is 1. The summed E-state index contributed by atoms with van der Waals surface area (Å²) in [5, 5.41) is 3.59. The Kier molecular flexibility index (Phi) is 9.21. The van der Waals surface area contributed by atoms with Crippen LogP contribution in [0.15, 0.2) is 28.7 Å². The first-order valence-corrected chi connectivity index (χ1v) is 8.84. The lowest BCUT2D eigenvalue weighted by Crippen LogP contribution is -2.28. The van der Waals surface area contributed by atoms with Gasteiger partial charge in [-0.2, -0.15) is 0 Å². The molecule has 0 spiro atoms. The molecule has 1 atom stereocenters. The molecule has 21 heavy (non-hydrogen) atoms. The smallest absolute Gasteiger partial charge is 0.0518 e. The lowest BCUT2D eigenvalue weighted by molar-refractivity contribution is 0.0682. The first-order valence-electron chi connectivity index (χ1n) is 8.04. The maximum atomic E-state index is 5.73. The first-order chi connectivity index (χ1) is 9.99. The Bertz CT molecular complexity index is 379. The van der Waals surface area contributed by atoms with Gasteiger partial charge in [0.1, 0.15) is 0 Å². The highest BCUT2D eigenvalue weighted by Crippen LogP contribution is 2.21. The average molecular weight is 356 g/mol. The van der Waals surface area contributed by atoms with Crippen LogP contribution in [0.5, 0.6) is 0 Å². The Morgan fingerprint density at radius 2 is 1.81 bits per heavy atom. The second-order valence-corrected chi connectivity index (χ2v) is 7.28. The standard InChI is InChI=1S/C18H30BrNO/c1-14(2)12-20-13-16(9-10-21-15(3)4)11-17-7-5-6-8-18(17)19/h5-8,14-16,20H,9-13H2,1-4H3. The van der Waals surface area contributed by atoms with Gasteiger partial charge < -0.3 is 10.1 Å². The predicted molar refractivity (Wildman–Crippen MR) is 94.7 cm³/mol. The molecule has 0 radical (unpaired) electrons. The number of benzene rings is 1. The van der Waals surface area contributed by atoms with Crippen molar-refractivity contribution in [2.45, 2.75) is 46.6 Å². The van der Waals surface area contributed by atoms with E-state index in [1.165, 1.54) is 10.0 Å². The number of hydrogen-bond donors (Lipinski definition) is 1. The molecule has 3 heteroatoms. The van der Waals surface area contributed by atoms with Gasteiger partial charge in [0.2, 0.25) is 0 Å². The zero-order valence-electron chi connectivity index (χ0n) is 13.9. The molecule has 0 bridgehead atoms. The van der Waals surface area contributed by atoms with Gasteiger partial charge in [0.15, 0.2) is 0 Å². The van der Waals surface area contributed by atoms with E-state index in [-0.39, 0.29) is 0 Å². The van der Waals surface area contributed by atoms with Gasteiger partial charge in [-0.15, -0.1) is 0 Å². The second-order valence-electron chi connectivity index (χ2n) is 6.42. The average Bonchev–Trinajstić information content (AvgIpc) is 2.40. The summed E-state index contributed by atoms with van der Waals surface area (Å²) in [6.45, 7) is 11.7. The number of nitrogens with one attached hydrogen (secondary N) is 1. The fraction of sp³-hybridized carbons (Fsp3) is 0.667. The highest BCUT2D eigenvalue weighted by Gasteiger charge is 2.12. The van der Waals surface area contributed by atoms with Gasteiger partial charge in [0.25, 0.3) is 0 Å². The SMILES string of the molecule is CC(C)CNCC(CCOC(C)C)Cc1ccccc1Br. The van der Waals surface area contributed by atoms with E-state index >= 15 is 0 Å². The van der Waals surface area contributed by atoms with E-state index in [0.717, 1.165) is 32.5 Å². The fourth-order valence-electron chi connectivity index (χ4n) is 2.30. The highest BCUT2D eigenvalue weighted by atomic mass is 79.9. The van der Waals surface area contributed by atoms with E-state index in [4.69, 9.17) is 4.74 Å². The molecule has 0 aliphatic carbocycles. The maximum Gasteiger partial charge on any atom is 0.0518 e. The van der Waals surface area contributed by atoms with E-state index in [2.05, 4.69) is 73.2 Å².